The van der Waals surface area contributed by atoms with Gasteiger partial charge < -0.3 is 9.47 Å². The molecule has 4 nitrogen and oxygen atoms in total. The molecule has 4 aromatic carbocycles. The molecule has 0 radical (unpaired) electrons. The highest BCUT2D eigenvalue weighted by Crippen LogP contribution is 2.48. The van der Waals surface area contributed by atoms with Crippen LogP contribution in [0.2, 0.25) is 0 Å². The van der Waals surface area contributed by atoms with Gasteiger partial charge in [0, 0.05) is 16.8 Å². The standard InChI is InChI=1S/C26H14BN3O/c1-29-20-13-17(16-28)12-19(14-20)18-10-11-25-26(15-18)31-27-23-8-4-2-6-21(23)22-7-3-5-9-24(22)30(25)27/h2-15H. The van der Waals surface area contributed by atoms with E-state index in [0.717, 1.165) is 33.7 Å². The van der Waals surface area contributed by atoms with Gasteiger partial charge in [-0.15, -0.1) is 0 Å². The minimum absolute atomic E-state index is 0.222. The monoisotopic (exact) mass is 395 g/mol. The predicted molar refractivity (Wildman–Crippen MR) is 123 cm³/mol. The van der Waals surface area contributed by atoms with E-state index < -0.39 is 0 Å². The number of fused-ring (bicyclic) bond motifs is 8. The van der Waals surface area contributed by atoms with E-state index in [0.29, 0.717) is 11.3 Å². The molecule has 0 N–H and O–H groups in total. The van der Waals surface area contributed by atoms with Gasteiger partial charge in [-0.3, -0.25) is 0 Å². The molecule has 0 fully saturated rings. The molecule has 2 aliphatic rings. The summed E-state index contributed by atoms with van der Waals surface area (Å²) in [5, 5.41) is 9.33. The molecule has 6 rings (SSSR count). The van der Waals surface area contributed by atoms with Gasteiger partial charge in [0.25, 0.3) is 0 Å². The molecule has 0 atom stereocenters. The van der Waals surface area contributed by atoms with Crippen LogP contribution in [0.3, 0.4) is 0 Å². The second-order valence-corrected chi connectivity index (χ2v) is 7.62. The summed E-state index contributed by atoms with van der Waals surface area (Å²) < 4.78 is 6.47. The Bertz CT molecular complexity index is 1430. The average Bonchev–Trinajstić information content (AvgIpc) is 3.23. The zero-order valence-electron chi connectivity index (χ0n) is 16.4. The van der Waals surface area contributed by atoms with E-state index in [2.05, 4.69) is 64.3 Å². The summed E-state index contributed by atoms with van der Waals surface area (Å²) >= 11 is 0. The minimum Gasteiger partial charge on any atom is -0.536 e. The van der Waals surface area contributed by atoms with Gasteiger partial charge in [-0.05, 0) is 58.6 Å². The Morgan fingerprint density at radius 1 is 0.839 bits per heavy atom. The highest BCUT2D eigenvalue weighted by molar-refractivity contribution is 6.77. The Kier molecular flexibility index (Phi) is 3.66. The van der Waals surface area contributed by atoms with Gasteiger partial charge in [-0.2, -0.15) is 5.26 Å². The summed E-state index contributed by atoms with van der Waals surface area (Å²) in [5.41, 5.74) is 8.34. The summed E-state index contributed by atoms with van der Waals surface area (Å²) in [6.45, 7) is 7.33. The number of hydrogen-bond acceptors (Lipinski definition) is 3. The van der Waals surface area contributed by atoms with Crippen LogP contribution in [0.25, 0.3) is 27.1 Å². The van der Waals surface area contributed by atoms with E-state index in [4.69, 9.17) is 11.2 Å². The molecule has 0 spiro atoms. The van der Waals surface area contributed by atoms with E-state index in [9.17, 15) is 5.26 Å². The SMILES string of the molecule is [C-]#[N+]c1cc(C#N)cc(-c2ccc3c(c2)OB2c4ccccc4-c4ccccc4N23)c1. The summed E-state index contributed by atoms with van der Waals surface area (Å²) in [7, 11) is -0.222. The van der Waals surface area contributed by atoms with Crippen LogP contribution in [0, 0.1) is 17.9 Å². The average molecular weight is 395 g/mol. The van der Waals surface area contributed by atoms with Gasteiger partial charge in [0.05, 0.1) is 18.3 Å². The molecule has 0 aromatic heterocycles. The molecule has 0 saturated carbocycles. The van der Waals surface area contributed by atoms with Crippen molar-refractivity contribution in [2.75, 3.05) is 4.81 Å². The Morgan fingerprint density at radius 3 is 2.48 bits per heavy atom. The Hall–Kier alpha value is -4.48. The molecule has 4 aromatic rings. The quantitative estimate of drug-likeness (QED) is 0.308. The van der Waals surface area contributed by atoms with Gasteiger partial charge >= 0.3 is 7.05 Å². The molecular weight excluding hydrogens is 381 g/mol. The van der Waals surface area contributed by atoms with Gasteiger partial charge in [0.1, 0.15) is 5.75 Å². The van der Waals surface area contributed by atoms with Crippen molar-refractivity contribution in [2.45, 2.75) is 0 Å². The van der Waals surface area contributed by atoms with Crippen molar-refractivity contribution in [1.29, 1.82) is 5.26 Å². The van der Waals surface area contributed by atoms with Crippen LogP contribution in [0.1, 0.15) is 5.56 Å². The molecule has 2 heterocycles. The summed E-state index contributed by atoms with van der Waals surface area (Å²) in [5.74, 6) is 0.792. The van der Waals surface area contributed by atoms with Crippen LogP contribution in [-0.4, -0.2) is 7.05 Å². The van der Waals surface area contributed by atoms with Crippen molar-refractivity contribution in [3.8, 4) is 34.1 Å². The molecule has 0 aliphatic carbocycles. The maximum absolute atomic E-state index is 9.33. The minimum atomic E-state index is -0.222. The third-order valence-electron chi connectivity index (χ3n) is 5.88. The fourth-order valence-corrected chi connectivity index (χ4v) is 4.52. The molecular formula is C26H14BN3O. The topological polar surface area (TPSA) is 40.6 Å². The second-order valence-electron chi connectivity index (χ2n) is 7.62. The highest BCUT2D eigenvalue weighted by Gasteiger charge is 2.44. The first-order valence-electron chi connectivity index (χ1n) is 9.98. The van der Waals surface area contributed by atoms with E-state index in [-0.39, 0.29) is 7.05 Å². The Morgan fingerprint density at radius 2 is 1.65 bits per heavy atom. The fraction of sp³-hybridized carbons (Fsp3) is 0. The number of nitriles is 1. The van der Waals surface area contributed by atoms with Crippen LogP contribution in [0.5, 0.6) is 5.75 Å². The molecule has 0 amide bonds. The molecule has 0 unspecified atom stereocenters. The maximum Gasteiger partial charge on any atom is 0.524 e. The van der Waals surface area contributed by atoms with Crippen molar-refractivity contribution in [3.63, 3.8) is 0 Å². The van der Waals surface area contributed by atoms with E-state index in [1.165, 1.54) is 11.1 Å². The van der Waals surface area contributed by atoms with Crippen molar-refractivity contribution in [3.05, 3.63) is 102 Å². The van der Waals surface area contributed by atoms with Crippen molar-refractivity contribution < 1.29 is 4.65 Å². The van der Waals surface area contributed by atoms with Crippen molar-refractivity contribution in [2.24, 2.45) is 0 Å². The molecule has 2 aliphatic heterocycles. The first-order valence-corrected chi connectivity index (χ1v) is 9.98. The van der Waals surface area contributed by atoms with Crippen LogP contribution < -0.4 is 14.9 Å². The molecule has 31 heavy (non-hydrogen) atoms. The zero-order valence-corrected chi connectivity index (χ0v) is 16.4. The highest BCUT2D eigenvalue weighted by atomic mass is 16.5. The lowest BCUT2D eigenvalue weighted by Gasteiger charge is -2.31. The zero-order chi connectivity index (χ0) is 20.9. The summed E-state index contributed by atoms with van der Waals surface area (Å²) in [6.07, 6.45) is 0. The normalized spacial score (nSPS) is 12.6. The van der Waals surface area contributed by atoms with Crippen molar-refractivity contribution in [1.82, 2.24) is 0 Å². The maximum atomic E-state index is 9.33. The molecule has 0 saturated heterocycles. The molecule has 5 heteroatoms. The lowest BCUT2D eigenvalue weighted by molar-refractivity contribution is 0.603. The predicted octanol–water partition coefficient (Wildman–Crippen LogP) is 5.68. The largest absolute Gasteiger partial charge is 0.536 e. The number of rotatable bonds is 1. The number of nitrogens with zero attached hydrogens (tertiary/aromatic N) is 3. The van der Waals surface area contributed by atoms with E-state index in [1.807, 2.05) is 30.3 Å². The smallest absolute Gasteiger partial charge is 0.524 e. The van der Waals surface area contributed by atoms with Gasteiger partial charge in [-0.25, -0.2) is 4.85 Å². The van der Waals surface area contributed by atoms with E-state index in [1.54, 1.807) is 6.07 Å². The lowest BCUT2D eigenvalue weighted by Crippen LogP contribution is -2.50. The van der Waals surface area contributed by atoms with Gasteiger partial charge in [0.2, 0.25) is 0 Å². The third-order valence-corrected chi connectivity index (χ3v) is 5.88. The van der Waals surface area contributed by atoms with Crippen molar-refractivity contribution >= 4 is 29.6 Å². The Labute approximate surface area is 180 Å². The van der Waals surface area contributed by atoms with Crippen LogP contribution in [0.15, 0.2) is 84.9 Å². The van der Waals surface area contributed by atoms with Crippen LogP contribution in [0.4, 0.5) is 17.1 Å². The van der Waals surface area contributed by atoms with Gasteiger partial charge in [0.15, 0.2) is 5.69 Å². The number of hydrogen-bond donors (Lipinski definition) is 0. The Balaban J connectivity index is 1.51. The van der Waals surface area contributed by atoms with Crippen LogP contribution >= 0.6 is 0 Å². The van der Waals surface area contributed by atoms with E-state index >= 15 is 0 Å². The summed E-state index contributed by atoms with van der Waals surface area (Å²) in [6, 6.07) is 30.2. The number of benzene rings is 4. The number of para-hydroxylation sites is 1. The number of anilines is 2. The molecule has 142 valence electrons. The first kappa shape index (κ1) is 17.4. The lowest BCUT2D eigenvalue weighted by atomic mass is 9.65. The summed E-state index contributed by atoms with van der Waals surface area (Å²) in [4.78, 5) is 5.75. The fourth-order valence-electron chi connectivity index (χ4n) is 4.52. The molecule has 0 bridgehead atoms. The van der Waals surface area contributed by atoms with Gasteiger partial charge in [-0.1, -0.05) is 48.5 Å². The third kappa shape index (κ3) is 2.54. The second kappa shape index (κ2) is 6.52. The first-order chi connectivity index (χ1) is 15.3. The van der Waals surface area contributed by atoms with Crippen LogP contribution in [-0.2, 0) is 0 Å².